The van der Waals surface area contributed by atoms with Gasteiger partial charge in [-0.15, -0.1) is 0 Å². The maximum Gasteiger partial charge on any atom is 0.191 e. The highest BCUT2D eigenvalue weighted by Crippen LogP contribution is 2.26. The van der Waals surface area contributed by atoms with E-state index in [0.717, 1.165) is 17.8 Å². The van der Waals surface area contributed by atoms with Crippen molar-refractivity contribution in [3.8, 4) is 0 Å². The van der Waals surface area contributed by atoms with Gasteiger partial charge in [0.1, 0.15) is 10.2 Å². The summed E-state index contributed by atoms with van der Waals surface area (Å²) in [5.41, 5.74) is 1.11. The first-order chi connectivity index (χ1) is 12.5. The Hall–Kier alpha value is -2.17. The number of aliphatic hydroxyl groups is 1. The quantitative estimate of drug-likeness (QED) is 0.335. The molecular weight excluding hydrogens is 380 g/mol. The number of aromatic amines is 1. The van der Waals surface area contributed by atoms with Crippen molar-refractivity contribution in [2.75, 3.05) is 11.9 Å². The van der Waals surface area contributed by atoms with E-state index in [1.807, 2.05) is 0 Å². The zero-order valence-corrected chi connectivity index (χ0v) is 15.3. The molecule has 0 fully saturated rings. The molecule has 0 unspecified atom stereocenters. The molecule has 10 heteroatoms. The fourth-order valence-electron chi connectivity index (χ4n) is 2.16. The Bertz CT molecular complexity index is 998. The minimum atomic E-state index is -0.894. The highest BCUT2D eigenvalue weighted by molar-refractivity contribution is 7.98. The molecule has 0 saturated carbocycles. The van der Waals surface area contributed by atoms with E-state index in [2.05, 4.69) is 25.3 Å². The predicted molar refractivity (Wildman–Crippen MR) is 98.6 cm³/mol. The smallest absolute Gasteiger partial charge is 0.191 e. The molecule has 3 N–H and O–H groups in total. The lowest BCUT2D eigenvalue weighted by Gasteiger charge is -2.14. The number of benzene rings is 1. The van der Waals surface area contributed by atoms with Crippen molar-refractivity contribution in [1.82, 2.24) is 19.9 Å². The van der Waals surface area contributed by atoms with Crippen LogP contribution in [0.25, 0.3) is 11.2 Å². The maximum atomic E-state index is 13.8. The van der Waals surface area contributed by atoms with Crippen LogP contribution >= 0.6 is 24.0 Å². The van der Waals surface area contributed by atoms with Crippen LogP contribution in [-0.2, 0) is 5.75 Å². The van der Waals surface area contributed by atoms with Crippen molar-refractivity contribution in [1.29, 1.82) is 0 Å². The van der Waals surface area contributed by atoms with Crippen LogP contribution in [0.1, 0.15) is 12.5 Å². The average molecular weight is 395 g/mol. The number of hydrogen-bond acceptors (Lipinski definition) is 7. The molecule has 0 aliphatic heterocycles. The molecular formula is C16H15F2N5OS2. The van der Waals surface area contributed by atoms with Gasteiger partial charge in [-0.3, -0.25) is 0 Å². The van der Waals surface area contributed by atoms with Crippen molar-refractivity contribution in [3.63, 3.8) is 0 Å². The highest BCUT2D eigenvalue weighted by atomic mass is 32.2. The fourth-order valence-corrected chi connectivity index (χ4v) is 3.13. The third-order valence-electron chi connectivity index (χ3n) is 3.46. The summed E-state index contributed by atoms with van der Waals surface area (Å²) in [5.74, 6) is -1.19. The van der Waals surface area contributed by atoms with Gasteiger partial charge < -0.3 is 15.4 Å². The van der Waals surface area contributed by atoms with Gasteiger partial charge in [0.25, 0.3) is 0 Å². The number of halogens is 2. The largest absolute Gasteiger partial charge is 0.394 e. The van der Waals surface area contributed by atoms with E-state index in [4.69, 9.17) is 12.2 Å². The molecule has 0 aliphatic rings. The number of aromatic nitrogens is 4. The van der Waals surface area contributed by atoms with Crippen molar-refractivity contribution < 1.29 is 13.9 Å². The summed E-state index contributed by atoms with van der Waals surface area (Å²) in [7, 11) is 0. The third-order valence-corrected chi connectivity index (χ3v) is 4.56. The SMILES string of the molecule is C[C@H](CO)Nc1nc(SCc2cccc(F)c2F)nc2[nH]c(=S)cnc12. The van der Waals surface area contributed by atoms with Crippen molar-refractivity contribution >= 4 is 41.0 Å². The molecule has 0 bridgehead atoms. The number of aliphatic hydroxyl groups excluding tert-OH is 1. The molecule has 136 valence electrons. The Labute approximate surface area is 157 Å². The van der Waals surface area contributed by atoms with Crippen LogP contribution in [-0.4, -0.2) is 37.7 Å². The van der Waals surface area contributed by atoms with E-state index in [9.17, 15) is 13.9 Å². The normalized spacial score (nSPS) is 12.3. The van der Waals surface area contributed by atoms with Gasteiger partial charge in [-0.2, -0.15) is 0 Å². The number of nitrogens with one attached hydrogen (secondary N) is 2. The summed E-state index contributed by atoms with van der Waals surface area (Å²) in [6, 6.07) is 3.78. The Balaban J connectivity index is 1.94. The number of nitrogens with zero attached hydrogens (tertiary/aromatic N) is 3. The summed E-state index contributed by atoms with van der Waals surface area (Å²) in [6.07, 6.45) is 1.48. The van der Waals surface area contributed by atoms with Crippen LogP contribution in [0.3, 0.4) is 0 Å². The van der Waals surface area contributed by atoms with E-state index in [0.29, 0.717) is 26.8 Å². The lowest BCUT2D eigenvalue weighted by atomic mass is 10.2. The van der Waals surface area contributed by atoms with Crippen LogP contribution in [0, 0.1) is 16.3 Å². The number of H-pyrrole nitrogens is 1. The Morgan fingerprint density at radius 2 is 2.15 bits per heavy atom. The van der Waals surface area contributed by atoms with Crippen LogP contribution < -0.4 is 5.32 Å². The molecule has 0 amide bonds. The number of hydrogen-bond donors (Lipinski definition) is 3. The van der Waals surface area contributed by atoms with E-state index in [1.165, 1.54) is 18.3 Å². The van der Waals surface area contributed by atoms with Crippen LogP contribution in [0.15, 0.2) is 29.6 Å². The van der Waals surface area contributed by atoms with Gasteiger partial charge in [0, 0.05) is 17.4 Å². The van der Waals surface area contributed by atoms with Crippen LogP contribution in [0.2, 0.25) is 0 Å². The van der Waals surface area contributed by atoms with E-state index in [-0.39, 0.29) is 24.0 Å². The minimum absolute atomic E-state index is 0.0920. The maximum absolute atomic E-state index is 13.8. The fraction of sp³-hybridized carbons (Fsp3) is 0.250. The molecule has 26 heavy (non-hydrogen) atoms. The molecule has 0 saturated heterocycles. The number of thioether (sulfide) groups is 1. The van der Waals surface area contributed by atoms with Gasteiger partial charge in [0.15, 0.2) is 28.3 Å². The number of anilines is 1. The lowest BCUT2D eigenvalue weighted by Crippen LogP contribution is -2.20. The number of fused-ring (bicyclic) bond motifs is 1. The molecule has 3 rings (SSSR count). The molecule has 0 radical (unpaired) electrons. The first-order valence-electron chi connectivity index (χ1n) is 7.68. The van der Waals surface area contributed by atoms with Gasteiger partial charge in [-0.25, -0.2) is 23.7 Å². The molecule has 2 heterocycles. The monoisotopic (exact) mass is 395 g/mol. The van der Waals surface area contributed by atoms with Crippen molar-refractivity contribution in [2.45, 2.75) is 23.9 Å². The topological polar surface area (TPSA) is 86.7 Å². The van der Waals surface area contributed by atoms with Gasteiger partial charge in [0.2, 0.25) is 0 Å². The molecule has 1 aromatic carbocycles. The Kier molecular flexibility index (Phi) is 5.74. The molecule has 1 atom stereocenters. The molecule has 0 aliphatic carbocycles. The van der Waals surface area contributed by atoms with Crippen LogP contribution in [0.5, 0.6) is 0 Å². The molecule has 0 spiro atoms. The molecule has 6 nitrogen and oxygen atoms in total. The first kappa shape index (κ1) is 18.6. The van der Waals surface area contributed by atoms with Crippen molar-refractivity contribution in [2.24, 2.45) is 0 Å². The highest BCUT2D eigenvalue weighted by Gasteiger charge is 2.14. The number of rotatable bonds is 6. The van der Waals surface area contributed by atoms with E-state index in [1.54, 1.807) is 6.92 Å². The third kappa shape index (κ3) is 4.14. The van der Waals surface area contributed by atoms with E-state index >= 15 is 0 Å². The standard InChI is InChI=1S/C16H15F2N5OS2/c1-8(6-24)20-14-13-15(21-11(25)5-19-13)23-16(22-14)26-7-9-3-2-4-10(17)12(9)18/h2-5,8,24H,6-7H2,1H3,(H2,20,21,22,23,25)/t8-/m1/s1. The van der Waals surface area contributed by atoms with Crippen LogP contribution in [0.4, 0.5) is 14.6 Å². The second-order valence-electron chi connectivity index (χ2n) is 5.53. The van der Waals surface area contributed by atoms with E-state index < -0.39 is 11.6 Å². The summed E-state index contributed by atoms with van der Waals surface area (Å²) in [6.45, 7) is 1.69. The average Bonchev–Trinajstić information content (AvgIpc) is 2.62. The van der Waals surface area contributed by atoms with Gasteiger partial charge in [-0.05, 0) is 13.0 Å². The predicted octanol–water partition coefficient (Wildman–Crippen LogP) is 3.45. The lowest BCUT2D eigenvalue weighted by molar-refractivity contribution is 0.281. The van der Waals surface area contributed by atoms with Crippen molar-refractivity contribution in [3.05, 3.63) is 46.2 Å². The zero-order chi connectivity index (χ0) is 18.7. The second kappa shape index (κ2) is 8.02. The summed E-state index contributed by atoms with van der Waals surface area (Å²) >= 11 is 6.23. The summed E-state index contributed by atoms with van der Waals surface area (Å²) in [5, 5.41) is 12.6. The minimum Gasteiger partial charge on any atom is -0.394 e. The Morgan fingerprint density at radius 1 is 1.35 bits per heavy atom. The Morgan fingerprint density at radius 3 is 2.92 bits per heavy atom. The second-order valence-corrected chi connectivity index (χ2v) is 6.91. The molecule has 3 aromatic rings. The first-order valence-corrected chi connectivity index (χ1v) is 9.07. The van der Waals surface area contributed by atoms with Gasteiger partial charge in [0.05, 0.1) is 12.8 Å². The zero-order valence-electron chi connectivity index (χ0n) is 13.7. The van der Waals surface area contributed by atoms with Gasteiger partial charge in [-0.1, -0.05) is 36.1 Å². The summed E-state index contributed by atoms with van der Waals surface area (Å²) < 4.78 is 27.5. The van der Waals surface area contributed by atoms with Gasteiger partial charge >= 0.3 is 0 Å². The summed E-state index contributed by atoms with van der Waals surface area (Å²) in [4.78, 5) is 15.9. The molecule has 2 aromatic heterocycles.